The van der Waals surface area contributed by atoms with Crippen LogP contribution >= 0.6 is 0 Å². The Morgan fingerprint density at radius 3 is 1.76 bits per heavy atom. The molecule has 2 atom stereocenters. The standard InChI is InChI=1S/C14H12O7/c15-13(19-5-7-3-17-7)9-1-11-12(21-11)2-10(9)14(16)20-6-8-4-18-8/h1-2,7-8H,3-6H2. The van der Waals surface area contributed by atoms with E-state index in [-0.39, 0.29) is 36.5 Å². The molecule has 3 aliphatic rings. The highest BCUT2D eigenvalue weighted by Gasteiger charge is 2.32. The van der Waals surface area contributed by atoms with E-state index >= 15 is 0 Å². The van der Waals surface area contributed by atoms with Gasteiger partial charge in [-0.1, -0.05) is 0 Å². The van der Waals surface area contributed by atoms with Crippen molar-refractivity contribution in [3.05, 3.63) is 23.3 Å². The molecule has 4 rings (SSSR count). The topological polar surface area (TPSA) is 90.2 Å². The molecule has 0 aromatic heterocycles. The van der Waals surface area contributed by atoms with Crippen molar-refractivity contribution < 1.29 is 33.3 Å². The van der Waals surface area contributed by atoms with E-state index in [2.05, 4.69) is 0 Å². The molecule has 0 aliphatic carbocycles. The van der Waals surface area contributed by atoms with Crippen LogP contribution in [0.2, 0.25) is 0 Å². The zero-order valence-corrected chi connectivity index (χ0v) is 11.0. The smallest absolute Gasteiger partial charge is 0.339 e. The van der Waals surface area contributed by atoms with Crippen LogP contribution in [-0.2, 0) is 18.9 Å². The molecule has 1 aromatic rings. The molecule has 0 saturated carbocycles. The van der Waals surface area contributed by atoms with Gasteiger partial charge in [0.05, 0.1) is 24.3 Å². The molecule has 21 heavy (non-hydrogen) atoms. The lowest BCUT2D eigenvalue weighted by Gasteiger charge is -2.07. The molecule has 2 saturated heterocycles. The van der Waals surface area contributed by atoms with Crippen LogP contribution < -0.4 is 4.74 Å². The second-order valence-corrected chi connectivity index (χ2v) is 5.05. The van der Waals surface area contributed by atoms with Crippen molar-refractivity contribution >= 4 is 11.9 Å². The Balaban J connectivity index is 1.49. The first kappa shape index (κ1) is 12.6. The molecular weight excluding hydrogens is 280 g/mol. The van der Waals surface area contributed by atoms with Crippen LogP contribution in [0.3, 0.4) is 0 Å². The Morgan fingerprint density at radius 2 is 1.38 bits per heavy atom. The van der Waals surface area contributed by atoms with Gasteiger partial charge in [-0.15, -0.1) is 0 Å². The molecule has 3 heterocycles. The number of carbonyl (C=O) groups is 2. The first-order valence-electron chi connectivity index (χ1n) is 6.64. The van der Waals surface area contributed by atoms with E-state index in [1.165, 1.54) is 12.1 Å². The summed E-state index contributed by atoms with van der Waals surface area (Å²) in [4.78, 5) is 24.1. The molecule has 2 unspecified atom stereocenters. The Kier molecular flexibility index (Phi) is 2.83. The average molecular weight is 292 g/mol. The molecule has 7 heteroatoms. The third-order valence-corrected chi connectivity index (χ3v) is 3.31. The SMILES string of the molecule is O=C(OCC1CO1)c1cc2c(cc1C(=O)OCC1CO1)O2. The van der Waals surface area contributed by atoms with Gasteiger partial charge in [0.1, 0.15) is 25.4 Å². The van der Waals surface area contributed by atoms with Crippen LogP contribution in [-0.4, -0.2) is 50.6 Å². The summed E-state index contributed by atoms with van der Waals surface area (Å²) in [7, 11) is 0. The van der Waals surface area contributed by atoms with Crippen molar-refractivity contribution in [1.82, 2.24) is 0 Å². The monoisotopic (exact) mass is 292 g/mol. The Bertz CT molecular complexity index is 563. The highest BCUT2D eigenvalue weighted by atomic mass is 16.6. The Morgan fingerprint density at radius 1 is 0.952 bits per heavy atom. The number of esters is 2. The van der Waals surface area contributed by atoms with E-state index in [1.54, 1.807) is 0 Å². The van der Waals surface area contributed by atoms with Gasteiger partial charge in [0.2, 0.25) is 0 Å². The number of carbonyl (C=O) groups excluding carboxylic acids is 2. The third-order valence-electron chi connectivity index (χ3n) is 3.31. The fraction of sp³-hybridized carbons (Fsp3) is 0.429. The summed E-state index contributed by atoms with van der Waals surface area (Å²) in [5.74, 6) is -0.0183. The van der Waals surface area contributed by atoms with Crippen molar-refractivity contribution in [2.24, 2.45) is 0 Å². The quantitative estimate of drug-likeness (QED) is 0.577. The van der Waals surface area contributed by atoms with Crippen LogP contribution in [0.5, 0.6) is 11.5 Å². The summed E-state index contributed by atoms with van der Waals surface area (Å²) in [5.41, 5.74) is 0.294. The first-order valence-corrected chi connectivity index (χ1v) is 6.64. The maximum atomic E-state index is 12.1. The molecule has 7 nitrogen and oxygen atoms in total. The zero-order valence-electron chi connectivity index (χ0n) is 11.0. The molecular formula is C14H12O7. The highest BCUT2D eigenvalue weighted by molar-refractivity contribution is 6.04. The van der Waals surface area contributed by atoms with Crippen molar-refractivity contribution in [3.63, 3.8) is 0 Å². The molecule has 110 valence electrons. The fourth-order valence-corrected chi connectivity index (χ4v) is 1.87. The minimum atomic E-state index is -0.585. The summed E-state index contributed by atoms with van der Waals surface area (Å²) in [6, 6.07) is 2.99. The lowest BCUT2D eigenvalue weighted by Crippen LogP contribution is -2.16. The van der Waals surface area contributed by atoms with Gasteiger partial charge in [0.25, 0.3) is 0 Å². The van der Waals surface area contributed by atoms with E-state index in [9.17, 15) is 9.59 Å². The number of rotatable bonds is 6. The van der Waals surface area contributed by atoms with Gasteiger partial charge < -0.3 is 23.7 Å². The Hall–Kier alpha value is -2.12. The maximum absolute atomic E-state index is 12.1. The number of hydrogen-bond donors (Lipinski definition) is 0. The minimum Gasteiger partial charge on any atom is -0.459 e. The van der Waals surface area contributed by atoms with E-state index < -0.39 is 11.9 Å². The number of hydrogen-bond acceptors (Lipinski definition) is 7. The van der Waals surface area contributed by atoms with Crippen molar-refractivity contribution in [2.75, 3.05) is 26.4 Å². The summed E-state index contributed by atoms with van der Waals surface area (Å²) in [6.07, 6.45) is -0.0621. The van der Waals surface area contributed by atoms with Crippen LogP contribution in [0, 0.1) is 0 Å². The van der Waals surface area contributed by atoms with Crippen LogP contribution in [0.4, 0.5) is 0 Å². The minimum absolute atomic E-state index is 0.0310. The van der Waals surface area contributed by atoms with Gasteiger partial charge in [-0.3, -0.25) is 0 Å². The molecule has 3 aliphatic heterocycles. The van der Waals surface area contributed by atoms with Crippen molar-refractivity contribution in [1.29, 1.82) is 0 Å². The van der Waals surface area contributed by atoms with Crippen LogP contribution in [0.1, 0.15) is 20.7 Å². The summed E-state index contributed by atoms with van der Waals surface area (Å²) >= 11 is 0. The van der Waals surface area contributed by atoms with Gasteiger partial charge in [-0.2, -0.15) is 0 Å². The van der Waals surface area contributed by atoms with Gasteiger partial charge in [-0.25, -0.2) is 9.59 Å². The number of benzene rings is 1. The second kappa shape index (κ2) is 4.71. The molecule has 0 radical (unpaired) electrons. The summed E-state index contributed by atoms with van der Waals surface area (Å²) < 4.78 is 25.3. The number of ether oxygens (including phenoxy) is 5. The Labute approximate surface area is 119 Å². The number of epoxide rings is 2. The van der Waals surface area contributed by atoms with E-state index in [0.29, 0.717) is 24.7 Å². The normalized spacial score (nSPS) is 23.6. The predicted molar refractivity (Wildman–Crippen MR) is 66.6 cm³/mol. The molecule has 1 aromatic carbocycles. The van der Waals surface area contributed by atoms with Gasteiger partial charge in [0.15, 0.2) is 11.5 Å². The highest BCUT2D eigenvalue weighted by Crippen LogP contribution is 2.47. The van der Waals surface area contributed by atoms with E-state index in [1.807, 2.05) is 0 Å². The summed E-state index contributed by atoms with van der Waals surface area (Å²) in [6.45, 7) is 1.55. The van der Waals surface area contributed by atoms with E-state index in [4.69, 9.17) is 23.7 Å². The van der Waals surface area contributed by atoms with Crippen LogP contribution in [0.15, 0.2) is 12.1 Å². The lowest BCUT2D eigenvalue weighted by molar-refractivity contribution is 0.0431. The molecule has 0 spiro atoms. The van der Waals surface area contributed by atoms with E-state index in [0.717, 1.165) is 0 Å². The lowest BCUT2D eigenvalue weighted by atomic mass is 10.1. The average Bonchev–Trinajstić information content (AvgIpc) is 3.37. The molecule has 0 amide bonds. The third kappa shape index (κ3) is 2.84. The van der Waals surface area contributed by atoms with Crippen molar-refractivity contribution in [2.45, 2.75) is 12.2 Å². The number of fused-ring (bicyclic) bond motifs is 1. The summed E-state index contributed by atoms with van der Waals surface area (Å²) in [5, 5.41) is 0. The largest absolute Gasteiger partial charge is 0.459 e. The second-order valence-electron chi connectivity index (χ2n) is 5.05. The molecule has 0 N–H and O–H groups in total. The van der Waals surface area contributed by atoms with Gasteiger partial charge in [0, 0.05) is 12.1 Å². The zero-order chi connectivity index (χ0) is 14.4. The predicted octanol–water partition coefficient (Wildman–Crippen LogP) is 0.903. The molecule has 0 bridgehead atoms. The van der Waals surface area contributed by atoms with Gasteiger partial charge in [-0.05, 0) is 0 Å². The molecule has 2 fully saturated rings. The first-order chi connectivity index (χ1) is 10.2. The van der Waals surface area contributed by atoms with Crippen molar-refractivity contribution in [3.8, 4) is 11.5 Å². The maximum Gasteiger partial charge on any atom is 0.339 e. The fourth-order valence-electron chi connectivity index (χ4n) is 1.87. The van der Waals surface area contributed by atoms with Gasteiger partial charge >= 0.3 is 11.9 Å². The van der Waals surface area contributed by atoms with Crippen LogP contribution in [0.25, 0.3) is 0 Å².